The summed E-state index contributed by atoms with van der Waals surface area (Å²) in [7, 11) is 0. The molecule has 0 unspecified atom stereocenters. The fraction of sp³-hybridized carbons (Fsp3) is 0.429. The summed E-state index contributed by atoms with van der Waals surface area (Å²) < 4.78 is 8.02. The van der Waals surface area contributed by atoms with Crippen LogP contribution in [0.15, 0.2) is 28.7 Å². The van der Waals surface area contributed by atoms with Crippen molar-refractivity contribution in [2.24, 2.45) is 0 Å². The van der Waals surface area contributed by atoms with Crippen LogP contribution in [0.4, 0.5) is 5.13 Å². The number of thiazole rings is 1. The van der Waals surface area contributed by atoms with Gasteiger partial charge in [-0.05, 0) is 53.2 Å². The highest BCUT2D eigenvalue weighted by atomic mass is 32.2. The third kappa shape index (κ3) is 5.40. The molecule has 3 aromatic rings. The molecule has 0 aliphatic carbocycles. The van der Waals surface area contributed by atoms with E-state index >= 15 is 0 Å². The fourth-order valence-corrected chi connectivity index (χ4v) is 4.63. The molecule has 7 nitrogen and oxygen atoms in total. The van der Waals surface area contributed by atoms with Gasteiger partial charge in [0.25, 0.3) is 0 Å². The summed E-state index contributed by atoms with van der Waals surface area (Å²) in [5.41, 5.74) is 3.18. The van der Waals surface area contributed by atoms with Gasteiger partial charge in [0.15, 0.2) is 16.1 Å². The van der Waals surface area contributed by atoms with Crippen LogP contribution >= 0.6 is 23.1 Å². The van der Waals surface area contributed by atoms with Crippen LogP contribution in [0.2, 0.25) is 0 Å². The number of thioether (sulfide) groups is 1. The summed E-state index contributed by atoms with van der Waals surface area (Å²) in [4.78, 5) is 16.8. The lowest BCUT2D eigenvalue weighted by atomic mass is 10.1. The van der Waals surface area contributed by atoms with Crippen molar-refractivity contribution in [2.45, 2.75) is 64.6 Å². The molecule has 0 radical (unpaired) electrons. The molecule has 0 bridgehead atoms. The van der Waals surface area contributed by atoms with Gasteiger partial charge in [-0.25, -0.2) is 4.98 Å². The molecule has 1 aromatic carbocycles. The average molecular weight is 446 g/mol. The third-order valence-electron chi connectivity index (χ3n) is 4.44. The molecule has 0 spiro atoms. The molecule has 2 aromatic heterocycles. The average Bonchev–Trinajstić information content (AvgIpc) is 3.26. The highest BCUT2D eigenvalue weighted by molar-refractivity contribution is 8.00. The number of amides is 1. The van der Waals surface area contributed by atoms with Gasteiger partial charge in [-0.15, -0.1) is 21.5 Å². The van der Waals surface area contributed by atoms with E-state index in [2.05, 4.69) is 47.3 Å². The highest BCUT2D eigenvalue weighted by Gasteiger charge is 2.22. The van der Waals surface area contributed by atoms with E-state index in [1.165, 1.54) is 28.7 Å². The number of benzene rings is 1. The van der Waals surface area contributed by atoms with Crippen LogP contribution in [0, 0.1) is 20.8 Å². The molecular formula is C21H27N5O2S2. The summed E-state index contributed by atoms with van der Waals surface area (Å²) in [5.74, 6) is 1.45. The van der Waals surface area contributed by atoms with Crippen LogP contribution in [0.1, 0.15) is 49.5 Å². The molecule has 1 amide bonds. The van der Waals surface area contributed by atoms with Gasteiger partial charge in [0.1, 0.15) is 12.4 Å². The first-order valence-electron chi connectivity index (χ1n) is 9.78. The van der Waals surface area contributed by atoms with Crippen molar-refractivity contribution < 1.29 is 9.53 Å². The molecule has 0 aliphatic heterocycles. The van der Waals surface area contributed by atoms with E-state index in [4.69, 9.17) is 4.74 Å². The number of carbonyl (C=O) groups excluding carboxylic acids is 1. The van der Waals surface area contributed by atoms with Crippen molar-refractivity contribution in [1.82, 2.24) is 19.7 Å². The minimum atomic E-state index is -0.344. The molecule has 3 rings (SSSR count). The van der Waals surface area contributed by atoms with Gasteiger partial charge >= 0.3 is 0 Å². The van der Waals surface area contributed by atoms with Crippen LogP contribution < -0.4 is 10.1 Å². The zero-order valence-corrected chi connectivity index (χ0v) is 19.7. The zero-order chi connectivity index (χ0) is 21.8. The SMILES string of the molecule is Cc1ccc(OCc2nnc(S[C@H](C)C(=O)Nc3nc(C)cs3)n2C(C)C)c(C)c1. The number of ether oxygens (including phenoxy) is 1. The second kappa shape index (κ2) is 9.61. The molecular weight excluding hydrogens is 418 g/mol. The maximum atomic E-state index is 12.5. The quantitative estimate of drug-likeness (QED) is 0.495. The van der Waals surface area contributed by atoms with E-state index in [9.17, 15) is 4.79 Å². The smallest absolute Gasteiger partial charge is 0.239 e. The monoisotopic (exact) mass is 445 g/mol. The Morgan fingerprint density at radius 1 is 1.23 bits per heavy atom. The van der Waals surface area contributed by atoms with E-state index in [-0.39, 0.29) is 17.2 Å². The van der Waals surface area contributed by atoms with Gasteiger partial charge in [-0.1, -0.05) is 29.5 Å². The predicted octanol–water partition coefficient (Wildman–Crippen LogP) is 4.94. The molecule has 1 atom stereocenters. The maximum absolute atomic E-state index is 12.5. The van der Waals surface area contributed by atoms with Crippen LogP contribution in [0.3, 0.4) is 0 Å². The fourth-order valence-electron chi connectivity index (χ4n) is 2.94. The second-order valence-electron chi connectivity index (χ2n) is 7.46. The molecule has 2 heterocycles. The number of aromatic nitrogens is 4. The Labute approximate surface area is 185 Å². The Bertz CT molecular complexity index is 1030. The topological polar surface area (TPSA) is 81.9 Å². The van der Waals surface area contributed by atoms with Gasteiger partial charge in [0, 0.05) is 11.4 Å². The highest BCUT2D eigenvalue weighted by Crippen LogP contribution is 2.28. The Morgan fingerprint density at radius 3 is 2.63 bits per heavy atom. The normalized spacial score (nSPS) is 12.2. The lowest BCUT2D eigenvalue weighted by molar-refractivity contribution is -0.115. The second-order valence-corrected chi connectivity index (χ2v) is 9.63. The summed E-state index contributed by atoms with van der Waals surface area (Å²) in [6.45, 7) is 12.3. The molecule has 0 aliphatic rings. The predicted molar refractivity (Wildman–Crippen MR) is 121 cm³/mol. The minimum Gasteiger partial charge on any atom is -0.485 e. The summed E-state index contributed by atoms with van der Waals surface area (Å²) in [6, 6.07) is 6.23. The van der Waals surface area contributed by atoms with Crippen LogP contribution in [0.25, 0.3) is 0 Å². The number of hydrogen-bond acceptors (Lipinski definition) is 7. The molecule has 0 saturated carbocycles. The van der Waals surface area contributed by atoms with Gasteiger partial charge in [0.05, 0.1) is 10.9 Å². The largest absolute Gasteiger partial charge is 0.485 e. The van der Waals surface area contributed by atoms with Crippen LogP contribution in [0.5, 0.6) is 5.75 Å². The van der Waals surface area contributed by atoms with Crippen LogP contribution in [-0.4, -0.2) is 30.9 Å². The summed E-state index contributed by atoms with van der Waals surface area (Å²) >= 11 is 2.80. The Hall–Kier alpha value is -2.39. The summed E-state index contributed by atoms with van der Waals surface area (Å²) in [5, 5.41) is 14.4. The standard InChI is InChI=1S/C21H27N5O2S2/c1-12(2)26-18(10-28-17-8-7-13(3)9-14(17)4)24-25-21(26)30-16(6)19(27)23-20-22-15(5)11-29-20/h7-9,11-12,16H,10H2,1-6H3,(H,22,23,27)/t16-/m1/s1. The molecule has 160 valence electrons. The first-order valence-corrected chi connectivity index (χ1v) is 11.5. The minimum absolute atomic E-state index is 0.110. The van der Waals surface area contributed by atoms with Gasteiger partial charge in [-0.2, -0.15) is 0 Å². The maximum Gasteiger partial charge on any atom is 0.239 e. The van der Waals surface area contributed by atoms with Gasteiger partial charge in [0.2, 0.25) is 5.91 Å². The number of nitrogens with zero attached hydrogens (tertiary/aromatic N) is 4. The first-order chi connectivity index (χ1) is 14.2. The van der Waals surface area contributed by atoms with E-state index in [1.54, 1.807) is 0 Å². The van der Waals surface area contributed by atoms with Gasteiger partial charge in [-0.3, -0.25) is 4.79 Å². The van der Waals surface area contributed by atoms with E-state index in [0.717, 1.165) is 22.8 Å². The van der Waals surface area contributed by atoms with Crippen molar-refractivity contribution in [2.75, 3.05) is 5.32 Å². The van der Waals surface area contributed by atoms with Crippen molar-refractivity contribution >= 4 is 34.1 Å². The Morgan fingerprint density at radius 2 is 2.00 bits per heavy atom. The molecule has 1 N–H and O–H groups in total. The van der Waals surface area contributed by atoms with Crippen molar-refractivity contribution in [3.8, 4) is 5.75 Å². The summed E-state index contributed by atoms with van der Waals surface area (Å²) in [6.07, 6.45) is 0. The number of rotatable bonds is 8. The number of anilines is 1. The van der Waals surface area contributed by atoms with E-state index < -0.39 is 0 Å². The van der Waals surface area contributed by atoms with E-state index in [0.29, 0.717) is 16.9 Å². The van der Waals surface area contributed by atoms with Gasteiger partial charge < -0.3 is 14.6 Å². The zero-order valence-electron chi connectivity index (χ0n) is 18.1. The third-order valence-corrected chi connectivity index (χ3v) is 6.37. The molecule has 0 saturated heterocycles. The lowest BCUT2D eigenvalue weighted by Gasteiger charge is -2.16. The number of carbonyl (C=O) groups is 1. The van der Waals surface area contributed by atoms with Crippen molar-refractivity contribution in [3.63, 3.8) is 0 Å². The van der Waals surface area contributed by atoms with Crippen molar-refractivity contribution in [3.05, 3.63) is 46.2 Å². The van der Waals surface area contributed by atoms with E-state index in [1.807, 2.05) is 42.9 Å². The molecule has 30 heavy (non-hydrogen) atoms. The Balaban J connectivity index is 1.69. The lowest BCUT2D eigenvalue weighted by Crippen LogP contribution is -2.23. The first kappa shape index (κ1) is 22.3. The van der Waals surface area contributed by atoms with Crippen molar-refractivity contribution in [1.29, 1.82) is 0 Å². The number of hydrogen-bond donors (Lipinski definition) is 1. The molecule has 0 fully saturated rings. The number of aryl methyl sites for hydroxylation is 3. The van der Waals surface area contributed by atoms with Crippen LogP contribution in [-0.2, 0) is 11.4 Å². The number of nitrogens with one attached hydrogen (secondary N) is 1. The molecule has 9 heteroatoms. The Kier molecular flexibility index (Phi) is 7.14.